The van der Waals surface area contributed by atoms with E-state index in [4.69, 9.17) is 14.5 Å². The van der Waals surface area contributed by atoms with Crippen LogP contribution in [0, 0.1) is 5.92 Å². The number of amides is 3. The van der Waals surface area contributed by atoms with Crippen LogP contribution in [0.5, 0.6) is 0 Å². The summed E-state index contributed by atoms with van der Waals surface area (Å²) in [6, 6.07) is 19.0. The Hall–Kier alpha value is -5.19. The van der Waals surface area contributed by atoms with E-state index in [0.29, 0.717) is 12.1 Å². The fourth-order valence-electron chi connectivity index (χ4n) is 6.56. The number of aromatic nitrogens is 2. The summed E-state index contributed by atoms with van der Waals surface area (Å²) in [5.41, 5.74) is 3.64. The molecule has 5 rings (SSSR count). The predicted molar refractivity (Wildman–Crippen MR) is 193 cm³/mol. The quantitative estimate of drug-likeness (QED) is 0.189. The molecule has 4 aromatic rings. The van der Waals surface area contributed by atoms with E-state index in [-0.39, 0.29) is 30.2 Å². The summed E-state index contributed by atoms with van der Waals surface area (Å²) in [5, 5.41) is 4.63. The third-order valence-electron chi connectivity index (χ3n) is 8.98. The maximum atomic E-state index is 13.8. The van der Waals surface area contributed by atoms with Gasteiger partial charge in [-0.05, 0) is 73.6 Å². The van der Waals surface area contributed by atoms with E-state index in [9.17, 15) is 19.2 Å². The molecule has 1 aromatic heterocycles. The maximum Gasteiger partial charge on any atom is 0.409 e. The standard InChI is InChI=1S/C39H47N5O6/c1-24(2)34(43(7)38(48)49-8)36(46)44-19-9-10-32(44)35-41-31(23-42(35)6)30-18-17-28-20-27(15-16-29(28)21-30)25-11-13-26(14-12-25)33(45)22-40-37(47)50-39(3,4)5/h11-18,20-21,23-24,32,34H,9-10,19,22H2,1-8H3,(H,40,47)/t32-,34-/m0/s1. The van der Waals surface area contributed by atoms with Crippen LogP contribution in [0.3, 0.4) is 0 Å². The van der Waals surface area contributed by atoms with Gasteiger partial charge in [0.05, 0.1) is 25.4 Å². The first-order valence-electron chi connectivity index (χ1n) is 17.0. The third kappa shape index (κ3) is 7.98. The summed E-state index contributed by atoms with van der Waals surface area (Å²) in [4.78, 5) is 59.0. The number of ketones is 1. The van der Waals surface area contributed by atoms with Gasteiger partial charge < -0.3 is 24.3 Å². The molecule has 1 N–H and O–H groups in total. The molecule has 0 radical (unpaired) electrons. The number of fused-ring (bicyclic) bond motifs is 1. The van der Waals surface area contributed by atoms with Crippen LogP contribution in [0.1, 0.15) is 69.7 Å². The molecular weight excluding hydrogens is 634 g/mol. The van der Waals surface area contributed by atoms with Crippen molar-refractivity contribution in [2.45, 2.75) is 65.1 Å². The fourth-order valence-corrected chi connectivity index (χ4v) is 6.56. The lowest BCUT2D eigenvalue weighted by atomic mass is 9.98. The number of rotatable bonds is 9. The highest BCUT2D eigenvalue weighted by atomic mass is 16.6. The van der Waals surface area contributed by atoms with E-state index >= 15 is 0 Å². The van der Waals surface area contributed by atoms with Gasteiger partial charge in [0.2, 0.25) is 5.91 Å². The number of imidazole rings is 1. The van der Waals surface area contributed by atoms with Gasteiger partial charge in [0.15, 0.2) is 5.78 Å². The van der Waals surface area contributed by atoms with Gasteiger partial charge in [-0.1, -0.05) is 62.4 Å². The number of carbonyl (C=O) groups excluding carboxylic acids is 4. The van der Waals surface area contributed by atoms with Gasteiger partial charge in [-0.25, -0.2) is 14.6 Å². The molecular formula is C39H47N5O6. The number of ether oxygens (including phenoxy) is 2. The molecule has 3 amide bonds. The smallest absolute Gasteiger partial charge is 0.409 e. The second-order valence-electron chi connectivity index (χ2n) is 14.2. The molecule has 2 atom stereocenters. The van der Waals surface area contributed by atoms with Crippen LogP contribution in [-0.4, -0.2) is 82.1 Å². The lowest BCUT2D eigenvalue weighted by molar-refractivity contribution is -0.138. The van der Waals surface area contributed by atoms with Crippen molar-refractivity contribution >= 4 is 34.6 Å². The van der Waals surface area contributed by atoms with Crippen LogP contribution in [0.15, 0.2) is 66.9 Å². The molecule has 0 bridgehead atoms. The number of likely N-dealkylation sites (N-methyl/N-ethyl adjacent to an activating group) is 1. The number of carbonyl (C=O) groups is 4. The van der Waals surface area contributed by atoms with E-state index in [1.165, 1.54) is 12.0 Å². The van der Waals surface area contributed by atoms with Gasteiger partial charge in [-0.15, -0.1) is 0 Å². The zero-order valence-electron chi connectivity index (χ0n) is 30.1. The van der Waals surface area contributed by atoms with Gasteiger partial charge >= 0.3 is 12.2 Å². The van der Waals surface area contributed by atoms with E-state index in [2.05, 4.69) is 41.7 Å². The van der Waals surface area contributed by atoms with Crippen molar-refractivity contribution in [1.82, 2.24) is 24.7 Å². The minimum absolute atomic E-state index is 0.0914. The Morgan fingerprint density at radius 2 is 1.58 bits per heavy atom. The second kappa shape index (κ2) is 14.7. The van der Waals surface area contributed by atoms with Crippen molar-refractivity contribution in [3.63, 3.8) is 0 Å². The van der Waals surface area contributed by atoms with E-state index in [1.54, 1.807) is 40.0 Å². The molecule has 1 aliphatic rings. The number of likely N-dealkylation sites (tertiary alicyclic amines) is 1. The molecule has 0 unspecified atom stereocenters. The summed E-state index contributed by atoms with van der Waals surface area (Å²) < 4.78 is 12.1. The maximum absolute atomic E-state index is 13.8. The molecule has 11 heteroatoms. The Labute approximate surface area is 293 Å². The highest BCUT2D eigenvalue weighted by Gasteiger charge is 2.40. The number of methoxy groups -OCH3 is 1. The number of benzene rings is 3. The van der Waals surface area contributed by atoms with E-state index < -0.39 is 23.8 Å². The summed E-state index contributed by atoms with van der Waals surface area (Å²) in [5.74, 6) is 0.417. The monoisotopic (exact) mass is 681 g/mol. The van der Waals surface area contributed by atoms with Crippen LogP contribution in [-0.2, 0) is 21.3 Å². The summed E-state index contributed by atoms with van der Waals surface area (Å²) in [6.45, 7) is 9.63. The average Bonchev–Trinajstić information content (AvgIpc) is 3.72. The molecule has 3 aromatic carbocycles. The molecule has 1 aliphatic heterocycles. The molecule has 50 heavy (non-hydrogen) atoms. The van der Waals surface area contributed by atoms with Gasteiger partial charge in [0.1, 0.15) is 17.5 Å². The first-order valence-corrected chi connectivity index (χ1v) is 17.0. The molecule has 2 heterocycles. The van der Waals surface area contributed by atoms with Crippen LogP contribution in [0.4, 0.5) is 9.59 Å². The van der Waals surface area contributed by atoms with Crippen LogP contribution >= 0.6 is 0 Å². The molecule has 1 fully saturated rings. The van der Waals surface area contributed by atoms with Crippen molar-refractivity contribution in [2.75, 3.05) is 27.2 Å². The van der Waals surface area contributed by atoms with E-state index in [0.717, 1.165) is 51.8 Å². The topological polar surface area (TPSA) is 123 Å². The number of hydrogen-bond acceptors (Lipinski definition) is 7. The molecule has 0 spiro atoms. The SMILES string of the molecule is COC(=O)N(C)[C@H](C(=O)N1CCC[C@H]1c1nc(-c2ccc3cc(-c4ccc(C(=O)CNC(=O)OC(C)(C)C)cc4)ccc3c2)cn1C)C(C)C. The number of hydrogen-bond donors (Lipinski definition) is 1. The van der Waals surface area contributed by atoms with Crippen LogP contribution in [0.25, 0.3) is 33.2 Å². The number of Topliss-reactive ketones (excluding diaryl/α,β-unsaturated/α-hetero) is 1. The van der Waals surface area contributed by atoms with Crippen molar-refractivity contribution in [1.29, 1.82) is 0 Å². The van der Waals surface area contributed by atoms with Gasteiger partial charge in [0, 0.05) is 38.0 Å². The Morgan fingerprint density at radius 1 is 0.960 bits per heavy atom. The largest absolute Gasteiger partial charge is 0.453 e. The first kappa shape index (κ1) is 36.1. The Kier molecular flexibility index (Phi) is 10.6. The van der Waals surface area contributed by atoms with Gasteiger partial charge in [-0.3, -0.25) is 14.5 Å². The van der Waals surface area contributed by atoms with Crippen molar-refractivity contribution in [3.05, 3.63) is 78.2 Å². The average molecular weight is 682 g/mol. The van der Waals surface area contributed by atoms with Crippen LogP contribution in [0.2, 0.25) is 0 Å². The summed E-state index contributed by atoms with van der Waals surface area (Å²) >= 11 is 0. The molecule has 0 saturated carbocycles. The molecule has 11 nitrogen and oxygen atoms in total. The van der Waals surface area contributed by atoms with Crippen molar-refractivity contribution in [2.24, 2.45) is 13.0 Å². The highest BCUT2D eigenvalue weighted by molar-refractivity contribution is 5.99. The van der Waals surface area contributed by atoms with Crippen LogP contribution < -0.4 is 5.32 Å². The highest BCUT2D eigenvalue weighted by Crippen LogP contribution is 2.35. The minimum Gasteiger partial charge on any atom is -0.453 e. The molecule has 0 aliphatic carbocycles. The number of aryl methyl sites for hydroxylation is 1. The zero-order valence-corrected chi connectivity index (χ0v) is 30.1. The lowest BCUT2D eigenvalue weighted by Gasteiger charge is -2.34. The predicted octanol–water partition coefficient (Wildman–Crippen LogP) is 7.00. The Bertz CT molecular complexity index is 1890. The lowest BCUT2D eigenvalue weighted by Crippen LogP contribution is -2.51. The number of alkyl carbamates (subject to hydrolysis) is 1. The number of nitrogens with zero attached hydrogens (tertiary/aromatic N) is 4. The fraction of sp³-hybridized carbons (Fsp3) is 0.410. The summed E-state index contributed by atoms with van der Waals surface area (Å²) in [7, 11) is 4.88. The minimum atomic E-state index is -0.637. The van der Waals surface area contributed by atoms with Gasteiger partial charge in [-0.2, -0.15) is 0 Å². The Morgan fingerprint density at radius 3 is 2.20 bits per heavy atom. The molecule has 1 saturated heterocycles. The van der Waals surface area contributed by atoms with E-state index in [1.807, 2.05) is 48.7 Å². The number of nitrogens with one attached hydrogen (secondary N) is 1. The molecule has 264 valence electrons. The second-order valence-corrected chi connectivity index (χ2v) is 14.2. The Balaban J connectivity index is 1.30. The van der Waals surface area contributed by atoms with Gasteiger partial charge in [0.25, 0.3) is 0 Å². The normalized spacial score (nSPS) is 15.2. The summed E-state index contributed by atoms with van der Waals surface area (Å²) in [6.07, 6.45) is 2.49. The van der Waals surface area contributed by atoms with Crippen molar-refractivity contribution in [3.8, 4) is 22.4 Å². The third-order valence-corrected chi connectivity index (χ3v) is 8.98. The first-order chi connectivity index (χ1) is 23.7. The zero-order chi connectivity index (χ0) is 36.3. The van der Waals surface area contributed by atoms with Crippen molar-refractivity contribution < 1.29 is 28.7 Å².